The van der Waals surface area contributed by atoms with Crippen LogP contribution in [0.3, 0.4) is 0 Å². The van der Waals surface area contributed by atoms with Crippen molar-refractivity contribution >= 4 is 198 Å². The van der Waals surface area contributed by atoms with Gasteiger partial charge < -0.3 is 10.0 Å². The third kappa shape index (κ3) is 26.2. The van der Waals surface area contributed by atoms with Gasteiger partial charge in [-0.15, -0.1) is 22.7 Å². The van der Waals surface area contributed by atoms with E-state index >= 15 is 0 Å². The minimum Gasteiger partial charge on any atom is -0.423 e. The van der Waals surface area contributed by atoms with Crippen LogP contribution in [0.15, 0.2) is 550 Å². The number of nitro benzene ring substituents is 2. The number of hydrogen-bond acceptors (Lipinski definition) is 8. The Kier molecular flexibility index (Phi) is 36.0. The summed E-state index contributed by atoms with van der Waals surface area (Å²) in [6, 6.07) is 187. The molecule has 0 fully saturated rings. The van der Waals surface area contributed by atoms with Crippen LogP contribution in [0.25, 0.3) is 73.7 Å². The number of nitrogens with zero attached hydrogens (tertiary/aromatic N) is 2. The molecule has 0 aliphatic carbocycles. The molecule has 22 rings (SSSR count). The largest absolute Gasteiger partial charge is 0.489 e. The molecule has 0 saturated carbocycles. The Bertz CT molecular complexity index is 6670. The van der Waals surface area contributed by atoms with E-state index in [2.05, 4.69) is 465 Å². The van der Waals surface area contributed by atoms with E-state index in [1.54, 1.807) is 47.7 Å². The van der Waals surface area contributed by atoms with Crippen LogP contribution in [0.2, 0.25) is 0 Å². The van der Waals surface area contributed by atoms with Crippen LogP contribution < -0.4 is 69.1 Å². The number of nitro groups is 2. The molecular formula is C120H92BBrN2O6P4PdS2. The fourth-order valence-corrected chi connectivity index (χ4v) is 27.8. The molecule has 0 aliphatic heterocycles. The van der Waals surface area contributed by atoms with Crippen molar-refractivity contribution in [1.29, 1.82) is 0 Å². The number of benzene rings is 20. The van der Waals surface area contributed by atoms with Gasteiger partial charge in [-0.1, -0.05) is 501 Å². The zero-order valence-electron chi connectivity index (χ0n) is 74.3. The number of fused-ring (bicyclic) bond motifs is 6. The SMILES string of the molecule is Brc1ccc2c(c1)sc1ccccc12.O=[N+]([O-])c1ccc(-c2ccc3c(c2)sc2ccccc23)c(-c2ccccc2)c1.O=[N+]([O-])c1ccc(B(O)O)c(-c2ccccc2)c1.[Pd].c1ccc(P(c2ccccc2)c2ccccc2)cc1.c1ccc(P(c2ccccc2)c2ccccc2)cc1.c1ccc(P(c2ccccc2)c2ccccc2)cc1.c1ccc(P(c2ccccc2)c2ccccc2)cc1. The van der Waals surface area contributed by atoms with E-state index in [1.807, 2.05) is 53.8 Å². The molecule has 0 aliphatic rings. The molecule has 137 heavy (non-hydrogen) atoms. The molecule has 22 aromatic rings. The minimum atomic E-state index is -1.67. The summed E-state index contributed by atoms with van der Waals surface area (Å²) in [5.41, 5.74) is 5.30. The van der Waals surface area contributed by atoms with E-state index in [0.717, 1.165) is 26.7 Å². The summed E-state index contributed by atoms with van der Waals surface area (Å²) < 4.78 is 6.34. The van der Waals surface area contributed by atoms with Crippen molar-refractivity contribution in [2.45, 2.75) is 0 Å². The fraction of sp³-hybridized carbons (Fsp3) is 0. The molecule has 0 spiro atoms. The molecule has 0 radical (unpaired) electrons. The van der Waals surface area contributed by atoms with Crippen LogP contribution in [0, 0.1) is 20.2 Å². The van der Waals surface area contributed by atoms with Crippen LogP contribution in [0.1, 0.15) is 0 Å². The number of thiophene rings is 2. The molecular weight excluding hydrogens is 1950 g/mol. The van der Waals surface area contributed by atoms with Gasteiger partial charge in [-0.2, -0.15) is 0 Å². The summed E-state index contributed by atoms with van der Waals surface area (Å²) in [5, 5.41) is 62.6. The van der Waals surface area contributed by atoms with Crippen molar-refractivity contribution in [2.24, 2.45) is 0 Å². The molecule has 2 heterocycles. The van der Waals surface area contributed by atoms with Crippen molar-refractivity contribution in [3.8, 4) is 33.4 Å². The third-order valence-corrected chi connectivity index (χ3v) is 34.6. The van der Waals surface area contributed by atoms with Gasteiger partial charge in [-0.3, -0.25) is 20.2 Å². The zero-order chi connectivity index (χ0) is 93.4. The monoisotopic (exact) mass is 2040 g/mol. The van der Waals surface area contributed by atoms with Gasteiger partial charge in [0.15, 0.2) is 0 Å². The summed E-state index contributed by atoms with van der Waals surface area (Å²) in [7, 11) is -3.45. The zero-order valence-corrected chi connectivity index (χ0v) is 82.6. The van der Waals surface area contributed by atoms with Crippen molar-refractivity contribution in [1.82, 2.24) is 0 Å². The standard InChI is InChI=1S/C24H15NO2S.4C18H15P.C12H10BNO4.C12H7BrS.Pd/c26-25(27)18-11-13-19(22(15-18)16-6-2-1-3-7-16)17-10-12-21-20-8-4-5-9-23(20)28-24(21)14-17;4*1-4-10-16(11-5-1)19(17-12-6-2-7-13-17)18-14-8-3-9-15-18;15-13(16)12-7-6-10(14(17)18)8-11(12)9-4-2-1-3-5-9;13-8-5-6-10-9-3-1-2-4-11(9)14-12(10)7-8;/h1-15H;4*1-15H;1-8,15-16H;1-7H;. The van der Waals surface area contributed by atoms with Gasteiger partial charge in [0.1, 0.15) is 0 Å². The van der Waals surface area contributed by atoms with Crippen LogP contribution in [0.5, 0.6) is 0 Å². The molecule has 0 saturated heterocycles. The second-order valence-corrected chi connectivity index (χ2v) is 43.0. The topological polar surface area (TPSA) is 127 Å². The van der Waals surface area contributed by atoms with Gasteiger partial charge in [-0.05, 0) is 171 Å². The van der Waals surface area contributed by atoms with Crippen LogP contribution in [-0.4, -0.2) is 27.0 Å². The first-order valence-electron chi connectivity index (χ1n) is 44.3. The van der Waals surface area contributed by atoms with E-state index in [1.165, 1.54) is 122 Å². The van der Waals surface area contributed by atoms with Crippen LogP contribution >= 0.6 is 70.3 Å². The number of halogens is 1. The summed E-state index contributed by atoms with van der Waals surface area (Å²) in [6.45, 7) is 0. The summed E-state index contributed by atoms with van der Waals surface area (Å²) in [5.74, 6) is 0. The maximum Gasteiger partial charge on any atom is 0.489 e. The fourth-order valence-electron chi connectivity index (χ4n) is 15.8. The van der Waals surface area contributed by atoms with E-state index in [4.69, 9.17) is 0 Å². The smallest absolute Gasteiger partial charge is 0.423 e. The van der Waals surface area contributed by atoms with Gasteiger partial charge in [-0.25, -0.2) is 0 Å². The second kappa shape index (κ2) is 50.3. The normalized spacial score (nSPS) is 10.6. The molecule has 20 aromatic carbocycles. The van der Waals surface area contributed by atoms with E-state index < -0.39 is 43.7 Å². The molecule has 0 bridgehead atoms. The molecule has 2 N–H and O–H groups in total. The van der Waals surface area contributed by atoms with Crippen LogP contribution in [0.4, 0.5) is 11.4 Å². The molecule has 670 valence electrons. The summed E-state index contributed by atoms with van der Waals surface area (Å²) >= 11 is 7.11. The van der Waals surface area contributed by atoms with Crippen LogP contribution in [-0.2, 0) is 20.4 Å². The second-order valence-electron chi connectivity index (χ2n) is 31.0. The Labute approximate surface area is 835 Å². The Morgan fingerprint density at radius 1 is 0.219 bits per heavy atom. The Hall–Kier alpha value is -13.5. The Morgan fingerprint density at radius 2 is 0.445 bits per heavy atom. The van der Waals surface area contributed by atoms with Gasteiger partial charge in [0.05, 0.1) is 9.85 Å². The molecule has 17 heteroatoms. The maximum atomic E-state index is 11.3. The maximum absolute atomic E-state index is 11.3. The quantitative estimate of drug-likeness (QED) is 0.0381. The summed E-state index contributed by atoms with van der Waals surface area (Å²) in [6.07, 6.45) is 0. The first kappa shape index (κ1) is 98.0. The molecule has 2 aromatic heterocycles. The van der Waals surface area contributed by atoms with Crippen molar-refractivity contribution in [3.05, 3.63) is 571 Å². The van der Waals surface area contributed by atoms with Gasteiger partial charge >= 0.3 is 7.12 Å². The third-order valence-electron chi connectivity index (χ3n) is 22.1. The molecule has 0 unspecified atom stereocenters. The summed E-state index contributed by atoms with van der Waals surface area (Å²) in [4.78, 5) is 21.2. The predicted molar refractivity (Wildman–Crippen MR) is 593 cm³/mol. The average molecular weight is 2040 g/mol. The first-order valence-corrected chi connectivity index (χ1v) is 52.1. The van der Waals surface area contributed by atoms with Crippen molar-refractivity contribution in [2.75, 3.05) is 0 Å². The van der Waals surface area contributed by atoms with Gasteiger partial charge in [0, 0.05) is 89.5 Å². The van der Waals surface area contributed by atoms with E-state index in [9.17, 15) is 30.3 Å². The average Bonchev–Trinajstić information content (AvgIpc) is 1.63. The van der Waals surface area contributed by atoms with E-state index in [-0.39, 0.29) is 42.2 Å². The van der Waals surface area contributed by atoms with Crippen molar-refractivity contribution in [3.63, 3.8) is 0 Å². The Balaban J connectivity index is 0.000000122. The molecule has 0 amide bonds. The van der Waals surface area contributed by atoms with E-state index in [0.29, 0.717) is 11.1 Å². The Morgan fingerprint density at radius 3 is 0.723 bits per heavy atom. The first-order chi connectivity index (χ1) is 66.9. The molecule has 0 atom stereocenters. The number of hydrogen-bond donors (Lipinski definition) is 2. The van der Waals surface area contributed by atoms with Crippen molar-refractivity contribution < 1.29 is 40.3 Å². The van der Waals surface area contributed by atoms with Gasteiger partial charge in [0.25, 0.3) is 11.4 Å². The predicted octanol–water partition coefficient (Wildman–Crippen LogP) is 26.8. The number of rotatable bonds is 18. The number of non-ortho nitro benzene ring substituents is 2. The minimum absolute atomic E-state index is 0. The van der Waals surface area contributed by atoms with Gasteiger partial charge in [0.2, 0.25) is 0 Å². The molecule has 8 nitrogen and oxygen atoms in total.